The highest BCUT2D eigenvalue weighted by molar-refractivity contribution is 6.22. The molecular formula is C26H27N3O6. The molecule has 2 aromatic carbocycles. The van der Waals surface area contributed by atoms with E-state index in [1.54, 1.807) is 35.9 Å². The van der Waals surface area contributed by atoms with Crippen molar-refractivity contribution in [2.24, 2.45) is 0 Å². The molecule has 9 nitrogen and oxygen atoms in total. The molecule has 182 valence electrons. The van der Waals surface area contributed by atoms with E-state index in [4.69, 9.17) is 9.94 Å². The smallest absolute Gasteiger partial charge is 0.329 e. The number of amides is 3. The molecule has 0 unspecified atom stereocenters. The van der Waals surface area contributed by atoms with Crippen LogP contribution >= 0.6 is 0 Å². The molecule has 0 saturated carbocycles. The van der Waals surface area contributed by atoms with Gasteiger partial charge in [-0.3, -0.25) is 24.5 Å². The van der Waals surface area contributed by atoms with E-state index < -0.39 is 23.8 Å². The van der Waals surface area contributed by atoms with Crippen molar-refractivity contribution in [3.8, 4) is 0 Å². The molecule has 35 heavy (non-hydrogen) atoms. The van der Waals surface area contributed by atoms with E-state index in [1.165, 1.54) is 7.11 Å². The van der Waals surface area contributed by atoms with Gasteiger partial charge in [0.2, 0.25) is 5.91 Å². The number of imide groups is 1. The summed E-state index contributed by atoms with van der Waals surface area (Å²) in [5.41, 5.74) is 5.02. The topological polar surface area (TPSA) is 129 Å². The Labute approximate surface area is 202 Å². The van der Waals surface area contributed by atoms with Gasteiger partial charge in [0.25, 0.3) is 11.8 Å². The van der Waals surface area contributed by atoms with Gasteiger partial charge in [-0.25, -0.2) is 10.3 Å². The fourth-order valence-corrected chi connectivity index (χ4v) is 4.52. The minimum absolute atomic E-state index is 0.129. The van der Waals surface area contributed by atoms with Gasteiger partial charge >= 0.3 is 5.97 Å². The van der Waals surface area contributed by atoms with Crippen molar-refractivity contribution in [1.82, 2.24) is 15.4 Å². The summed E-state index contributed by atoms with van der Waals surface area (Å²) in [5, 5.41) is 9.44. The Morgan fingerprint density at radius 3 is 2.43 bits per heavy atom. The number of nitrogens with zero attached hydrogens (tertiary/aromatic N) is 1. The standard InChI is InChI=1S/C26H27N3O6/c1-35-26(33)22(29-24(31)19-8-5-6-9-20(19)25(29)32)14-17-15-27-21-13-16(11-12-18(17)21)7-3-2-4-10-23(30)28-34/h5-6,8-9,11-13,15,22,27,34H,2-4,7,10,14H2,1H3,(H,28,30)/t22-/m0/s1. The van der Waals surface area contributed by atoms with Crippen LogP contribution in [0.1, 0.15) is 57.5 Å². The van der Waals surface area contributed by atoms with Gasteiger partial charge in [0, 0.05) is 29.9 Å². The maximum absolute atomic E-state index is 13.0. The Hall–Kier alpha value is -3.98. The first-order valence-electron chi connectivity index (χ1n) is 11.5. The lowest BCUT2D eigenvalue weighted by Crippen LogP contribution is -2.46. The molecule has 2 heterocycles. The number of carbonyl (C=O) groups is 4. The summed E-state index contributed by atoms with van der Waals surface area (Å²) in [4.78, 5) is 53.9. The van der Waals surface area contributed by atoms with Gasteiger partial charge in [-0.1, -0.05) is 30.7 Å². The molecule has 0 radical (unpaired) electrons. The number of hydrogen-bond donors (Lipinski definition) is 3. The zero-order valence-electron chi connectivity index (χ0n) is 19.4. The van der Waals surface area contributed by atoms with Crippen LogP contribution in [-0.2, 0) is 27.2 Å². The van der Waals surface area contributed by atoms with Crippen molar-refractivity contribution in [1.29, 1.82) is 0 Å². The monoisotopic (exact) mass is 477 g/mol. The number of rotatable bonds is 10. The number of ether oxygens (including phenoxy) is 1. The number of esters is 1. The molecule has 1 aliphatic heterocycles. The zero-order valence-corrected chi connectivity index (χ0v) is 19.4. The van der Waals surface area contributed by atoms with E-state index in [0.717, 1.165) is 46.2 Å². The predicted molar refractivity (Wildman–Crippen MR) is 127 cm³/mol. The lowest BCUT2D eigenvalue weighted by atomic mass is 10.0. The second kappa shape index (κ2) is 10.5. The first-order chi connectivity index (χ1) is 16.9. The number of unbranched alkanes of at least 4 members (excludes halogenated alkanes) is 2. The van der Waals surface area contributed by atoms with Gasteiger partial charge in [0.05, 0.1) is 18.2 Å². The van der Waals surface area contributed by atoms with Crippen molar-refractivity contribution >= 4 is 34.6 Å². The van der Waals surface area contributed by atoms with Crippen LogP contribution in [0.2, 0.25) is 0 Å². The van der Waals surface area contributed by atoms with Gasteiger partial charge in [0.15, 0.2) is 0 Å². The highest BCUT2D eigenvalue weighted by Gasteiger charge is 2.43. The third kappa shape index (κ3) is 4.95. The average molecular weight is 478 g/mol. The number of H-pyrrole nitrogens is 1. The molecule has 0 aliphatic carbocycles. The molecule has 0 spiro atoms. The van der Waals surface area contributed by atoms with Crippen LogP contribution in [0.25, 0.3) is 10.9 Å². The van der Waals surface area contributed by atoms with Crippen LogP contribution in [0.3, 0.4) is 0 Å². The largest absolute Gasteiger partial charge is 0.467 e. The minimum atomic E-state index is -1.08. The number of benzene rings is 2. The predicted octanol–water partition coefficient (Wildman–Crippen LogP) is 3.16. The molecule has 0 fully saturated rings. The van der Waals surface area contributed by atoms with E-state index in [1.807, 2.05) is 18.2 Å². The van der Waals surface area contributed by atoms with Gasteiger partial charge in [-0.15, -0.1) is 0 Å². The number of carbonyl (C=O) groups excluding carboxylic acids is 4. The SMILES string of the molecule is COC(=O)[C@H](Cc1c[nH]c2cc(CCCCCC(=O)NO)ccc12)N1C(=O)c2ccccc2C1=O. The third-order valence-electron chi connectivity index (χ3n) is 6.35. The van der Waals surface area contributed by atoms with Gasteiger partial charge < -0.3 is 9.72 Å². The van der Waals surface area contributed by atoms with Crippen molar-refractivity contribution in [3.05, 3.63) is 70.9 Å². The Morgan fingerprint density at radius 2 is 1.77 bits per heavy atom. The Kier molecular flexibility index (Phi) is 7.26. The number of fused-ring (bicyclic) bond motifs is 2. The molecule has 4 rings (SSSR count). The van der Waals surface area contributed by atoms with Gasteiger partial charge in [-0.05, 0) is 48.6 Å². The molecule has 1 aliphatic rings. The van der Waals surface area contributed by atoms with E-state index in [0.29, 0.717) is 12.8 Å². The Balaban J connectivity index is 1.48. The molecule has 3 aromatic rings. The summed E-state index contributed by atoms with van der Waals surface area (Å²) in [6, 6.07) is 11.5. The van der Waals surface area contributed by atoms with E-state index in [9.17, 15) is 19.2 Å². The van der Waals surface area contributed by atoms with Crippen LogP contribution in [0.4, 0.5) is 0 Å². The fourth-order valence-electron chi connectivity index (χ4n) is 4.52. The van der Waals surface area contributed by atoms with Gasteiger partial charge in [-0.2, -0.15) is 0 Å². The van der Waals surface area contributed by atoms with Crippen molar-refractivity contribution < 1.29 is 29.1 Å². The fraction of sp³-hybridized carbons (Fsp3) is 0.308. The highest BCUT2D eigenvalue weighted by Crippen LogP contribution is 2.28. The van der Waals surface area contributed by atoms with E-state index >= 15 is 0 Å². The van der Waals surface area contributed by atoms with Crippen molar-refractivity contribution in [2.75, 3.05) is 7.11 Å². The number of aromatic nitrogens is 1. The third-order valence-corrected chi connectivity index (χ3v) is 6.35. The zero-order chi connectivity index (χ0) is 24.9. The summed E-state index contributed by atoms with van der Waals surface area (Å²) in [7, 11) is 1.24. The number of hydrogen-bond acceptors (Lipinski definition) is 6. The molecule has 0 saturated heterocycles. The van der Waals surface area contributed by atoms with Crippen LogP contribution in [0, 0.1) is 0 Å². The van der Waals surface area contributed by atoms with Crippen molar-refractivity contribution in [2.45, 2.75) is 44.6 Å². The molecule has 3 amide bonds. The van der Waals surface area contributed by atoms with Crippen LogP contribution in [-0.4, -0.2) is 51.9 Å². The lowest BCUT2D eigenvalue weighted by Gasteiger charge is -2.23. The second-order valence-electron chi connectivity index (χ2n) is 8.56. The van der Waals surface area contributed by atoms with Gasteiger partial charge in [0.1, 0.15) is 6.04 Å². The van der Waals surface area contributed by atoms with Crippen LogP contribution in [0.5, 0.6) is 0 Å². The maximum Gasteiger partial charge on any atom is 0.329 e. The highest BCUT2D eigenvalue weighted by atomic mass is 16.5. The summed E-state index contributed by atoms with van der Waals surface area (Å²) in [6.45, 7) is 0. The summed E-state index contributed by atoms with van der Waals surface area (Å²) in [5.74, 6) is -2.03. The Morgan fingerprint density at radius 1 is 1.06 bits per heavy atom. The molecular weight excluding hydrogens is 450 g/mol. The molecule has 1 atom stereocenters. The lowest BCUT2D eigenvalue weighted by molar-refractivity contribution is -0.145. The molecule has 0 bridgehead atoms. The molecule has 1 aromatic heterocycles. The molecule has 9 heteroatoms. The summed E-state index contributed by atoms with van der Waals surface area (Å²) < 4.78 is 4.95. The number of nitrogens with one attached hydrogen (secondary N) is 2. The first kappa shape index (κ1) is 24.2. The molecule has 3 N–H and O–H groups in total. The quantitative estimate of drug-likeness (QED) is 0.135. The summed E-state index contributed by atoms with van der Waals surface area (Å²) >= 11 is 0. The Bertz CT molecular complexity index is 1250. The number of methoxy groups -OCH3 is 1. The second-order valence-corrected chi connectivity index (χ2v) is 8.56. The van der Waals surface area contributed by atoms with Crippen LogP contribution < -0.4 is 5.48 Å². The minimum Gasteiger partial charge on any atom is -0.467 e. The number of aromatic amines is 1. The number of aryl methyl sites for hydroxylation is 1. The normalized spacial score (nSPS) is 13.7. The van der Waals surface area contributed by atoms with Crippen molar-refractivity contribution in [3.63, 3.8) is 0 Å². The number of hydroxylamine groups is 1. The average Bonchev–Trinajstić information content (AvgIpc) is 3.39. The van der Waals surface area contributed by atoms with E-state index in [-0.39, 0.29) is 23.5 Å². The maximum atomic E-state index is 13.0. The van der Waals surface area contributed by atoms with Crippen LogP contribution in [0.15, 0.2) is 48.7 Å². The van der Waals surface area contributed by atoms with E-state index in [2.05, 4.69) is 4.98 Å². The first-order valence-corrected chi connectivity index (χ1v) is 11.5. The summed E-state index contributed by atoms with van der Waals surface area (Å²) in [6.07, 6.45) is 5.52.